The highest BCUT2D eigenvalue weighted by Crippen LogP contribution is 2.51. The lowest BCUT2D eigenvalue weighted by Crippen LogP contribution is -2.13. The summed E-state index contributed by atoms with van der Waals surface area (Å²) in [7, 11) is 0. The molecule has 0 heteroatoms. The fourth-order valence-corrected chi connectivity index (χ4v) is 3.92. The number of benzene rings is 2. The zero-order valence-electron chi connectivity index (χ0n) is 15.3. The second kappa shape index (κ2) is 5.63. The molecule has 0 aliphatic heterocycles. The number of rotatable bonds is 0. The Hall–Kier alpha value is -2.34. The molecule has 2 aromatic carbocycles. The van der Waals surface area contributed by atoms with Crippen molar-refractivity contribution < 1.29 is 0 Å². The summed E-state index contributed by atoms with van der Waals surface area (Å²) in [5, 5.41) is 2.58. The molecule has 2 aromatic rings. The number of hydrogen-bond acceptors (Lipinski definition) is 0. The van der Waals surface area contributed by atoms with Gasteiger partial charge in [0, 0.05) is 11.8 Å². The highest BCUT2D eigenvalue weighted by atomic mass is 14.3. The first kappa shape index (κ1) is 16.5. The van der Waals surface area contributed by atoms with Crippen molar-refractivity contribution in [2.75, 3.05) is 0 Å². The van der Waals surface area contributed by atoms with Crippen LogP contribution in [0.3, 0.4) is 0 Å². The molecule has 4 rings (SSSR count). The third kappa shape index (κ3) is 1.92. The van der Waals surface area contributed by atoms with Crippen molar-refractivity contribution in [3.8, 4) is 0 Å². The highest BCUT2D eigenvalue weighted by molar-refractivity contribution is 6.16. The second-order valence-electron chi connectivity index (χ2n) is 6.62. The summed E-state index contributed by atoms with van der Waals surface area (Å²) in [6.07, 6.45) is 0. The Labute approximate surface area is 145 Å². The Balaban J connectivity index is 0.000000815. The van der Waals surface area contributed by atoms with E-state index < -0.39 is 0 Å². The standard InChI is InChI=1S/C22H20.C2H6/c1-11-13(3)17-7-9-19-15(5)12(2)16(6)20-10-8-18(14(11)4)21(17)22(19)20;1-2/h7-12H,3-6H2,1-2H3;1-2H3. The molecule has 0 saturated heterocycles. The topological polar surface area (TPSA) is 0 Å². The van der Waals surface area contributed by atoms with Crippen LogP contribution < -0.4 is 0 Å². The summed E-state index contributed by atoms with van der Waals surface area (Å²) < 4.78 is 0. The van der Waals surface area contributed by atoms with Gasteiger partial charge in [-0.25, -0.2) is 0 Å². The molecule has 0 saturated carbocycles. The molecule has 24 heavy (non-hydrogen) atoms. The average Bonchev–Trinajstić information content (AvgIpc) is 2.62. The summed E-state index contributed by atoms with van der Waals surface area (Å²) in [4.78, 5) is 0. The lowest BCUT2D eigenvalue weighted by molar-refractivity contribution is 0.978. The largest absolute Gasteiger partial charge is 0.0946 e. The van der Waals surface area contributed by atoms with E-state index in [9.17, 15) is 0 Å². The molecule has 122 valence electrons. The summed E-state index contributed by atoms with van der Waals surface area (Å²) in [6.45, 7) is 25.7. The van der Waals surface area contributed by atoms with Crippen LogP contribution in [0.2, 0.25) is 0 Å². The monoisotopic (exact) mass is 314 g/mol. The van der Waals surface area contributed by atoms with E-state index in [1.54, 1.807) is 0 Å². The quantitative estimate of drug-likeness (QED) is 0.481. The van der Waals surface area contributed by atoms with E-state index >= 15 is 0 Å². The van der Waals surface area contributed by atoms with E-state index in [0.717, 1.165) is 22.3 Å². The molecule has 0 amide bonds. The Kier molecular flexibility index (Phi) is 3.87. The molecule has 0 heterocycles. The minimum Gasteiger partial charge on any atom is -0.0946 e. The van der Waals surface area contributed by atoms with Gasteiger partial charge in [0.15, 0.2) is 0 Å². The van der Waals surface area contributed by atoms with Gasteiger partial charge in [-0.3, -0.25) is 0 Å². The van der Waals surface area contributed by atoms with Crippen molar-refractivity contribution in [2.45, 2.75) is 27.7 Å². The van der Waals surface area contributed by atoms with E-state index in [1.165, 1.54) is 33.0 Å². The number of hydrogen-bond donors (Lipinski definition) is 0. The maximum Gasteiger partial charge on any atom is 0.00615 e. The number of allylic oxidation sites excluding steroid dienone is 4. The van der Waals surface area contributed by atoms with Gasteiger partial charge < -0.3 is 0 Å². The van der Waals surface area contributed by atoms with Crippen molar-refractivity contribution >= 4 is 33.1 Å². The predicted octanol–water partition coefficient (Wildman–Crippen LogP) is 7.22. The molecule has 2 aliphatic carbocycles. The van der Waals surface area contributed by atoms with Crippen LogP contribution in [0.5, 0.6) is 0 Å². The van der Waals surface area contributed by atoms with E-state index in [1.807, 2.05) is 13.8 Å². The molecule has 0 bridgehead atoms. The van der Waals surface area contributed by atoms with Gasteiger partial charge in [-0.05, 0) is 55.3 Å². The molecular weight excluding hydrogens is 288 g/mol. The molecule has 0 N–H and O–H groups in total. The normalized spacial score (nSPS) is 17.2. The SMILES string of the molecule is C=C1c2ccc3c4c(ccc(c24)C(=C)C1C)C(=C)C(C)C3=C.CC. The Morgan fingerprint density at radius 1 is 0.542 bits per heavy atom. The lowest BCUT2D eigenvalue weighted by Gasteiger charge is -2.33. The highest BCUT2D eigenvalue weighted by Gasteiger charge is 2.30. The zero-order valence-corrected chi connectivity index (χ0v) is 15.3. The summed E-state index contributed by atoms with van der Waals surface area (Å²) in [5.41, 5.74) is 9.67. The first-order valence-corrected chi connectivity index (χ1v) is 8.79. The summed E-state index contributed by atoms with van der Waals surface area (Å²) >= 11 is 0. The van der Waals surface area contributed by atoms with Crippen molar-refractivity contribution in [3.63, 3.8) is 0 Å². The maximum atomic E-state index is 4.32. The van der Waals surface area contributed by atoms with Crippen LogP contribution in [0.1, 0.15) is 49.9 Å². The zero-order chi connectivity index (χ0) is 17.8. The van der Waals surface area contributed by atoms with Gasteiger partial charge >= 0.3 is 0 Å². The van der Waals surface area contributed by atoms with Gasteiger partial charge in [0.1, 0.15) is 0 Å². The second-order valence-corrected chi connectivity index (χ2v) is 6.62. The molecule has 0 spiro atoms. The first-order chi connectivity index (χ1) is 11.4. The third-order valence-electron chi connectivity index (χ3n) is 5.64. The van der Waals surface area contributed by atoms with Gasteiger partial charge in [0.05, 0.1) is 0 Å². The van der Waals surface area contributed by atoms with Gasteiger partial charge in [0.2, 0.25) is 0 Å². The van der Waals surface area contributed by atoms with E-state index in [2.05, 4.69) is 64.4 Å². The molecule has 0 aromatic heterocycles. The van der Waals surface area contributed by atoms with Crippen LogP contribution in [0.15, 0.2) is 50.6 Å². The Bertz CT molecular complexity index is 773. The van der Waals surface area contributed by atoms with Crippen molar-refractivity contribution in [3.05, 3.63) is 72.8 Å². The van der Waals surface area contributed by atoms with Crippen molar-refractivity contribution in [1.29, 1.82) is 0 Å². The Morgan fingerprint density at radius 2 is 0.750 bits per heavy atom. The minimum absolute atomic E-state index is 0.292. The predicted molar refractivity (Wildman–Crippen MR) is 110 cm³/mol. The van der Waals surface area contributed by atoms with Crippen LogP contribution in [-0.4, -0.2) is 0 Å². The summed E-state index contributed by atoms with van der Waals surface area (Å²) in [5.74, 6) is 0.585. The van der Waals surface area contributed by atoms with E-state index in [-0.39, 0.29) is 0 Å². The van der Waals surface area contributed by atoms with Crippen molar-refractivity contribution in [2.24, 2.45) is 11.8 Å². The Morgan fingerprint density at radius 3 is 0.958 bits per heavy atom. The molecule has 0 atom stereocenters. The van der Waals surface area contributed by atoms with E-state index in [0.29, 0.717) is 11.8 Å². The molecule has 2 aliphatic rings. The van der Waals surface area contributed by atoms with Crippen molar-refractivity contribution in [1.82, 2.24) is 0 Å². The molecular formula is C24H26. The van der Waals surface area contributed by atoms with Gasteiger partial charge in [-0.1, -0.05) is 78.3 Å². The van der Waals surface area contributed by atoms with Gasteiger partial charge in [-0.15, -0.1) is 0 Å². The molecule has 0 radical (unpaired) electrons. The summed E-state index contributed by atoms with van der Waals surface area (Å²) in [6, 6.07) is 8.84. The third-order valence-corrected chi connectivity index (χ3v) is 5.64. The molecule has 0 nitrogen and oxygen atoms in total. The van der Waals surface area contributed by atoms with Gasteiger partial charge in [-0.2, -0.15) is 0 Å². The van der Waals surface area contributed by atoms with Crippen LogP contribution >= 0.6 is 0 Å². The van der Waals surface area contributed by atoms with Crippen LogP contribution in [0.25, 0.3) is 33.1 Å². The average molecular weight is 314 g/mol. The van der Waals surface area contributed by atoms with Crippen LogP contribution in [0.4, 0.5) is 0 Å². The first-order valence-electron chi connectivity index (χ1n) is 8.79. The smallest absolute Gasteiger partial charge is 0.00615 e. The fraction of sp³-hybridized carbons (Fsp3) is 0.250. The fourth-order valence-electron chi connectivity index (χ4n) is 3.92. The van der Waals surface area contributed by atoms with Gasteiger partial charge in [0.25, 0.3) is 0 Å². The molecule has 0 fully saturated rings. The van der Waals surface area contributed by atoms with E-state index in [4.69, 9.17) is 0 Å². The minimum atomic E-state index is 0.292. The molecule has 0 unspecified atom stereocenters. The maximum absolute atomic E-state index is 4.32. The lowest BCUT2D eigenvalue weighted by atomic mass is 9.70. The van der Waals surface area contributed by atoms with Crippen LogP contribution in [0, 0.1) is 11.8 Å². The van der Waals surface area contributed by atoms with Crippen LogP contribution in [-0.2, 0) is 0 Å².